The van der Waals surface area contributed by atoms with E-state index in [2.05, 4.69) is 4.98 Å². The van der Waals surface area contributed by atoms with Crippen LogP contribution in [-0.4, -0.2) is 15.5 Å². The number of halogens is 2. The summed E-state index contributed by atoms with van der Waals surface area (Å²) in [5.74, 6) is -1.11. The number of hydrogen-bond acceptors (Lipinski definition) is 3. The van der Waals surface area contributed by atoms with Gasteiger partial charge in [-0.25, -0.2) is 13.8 Å². The van der Waals surface area contributed by atoms with Crippen LogP contribution in [0.4, 0.5) is 8.78 Å². The molecule has 0 N–H and O–H groups in total. The third-order valence-electron chi connectivity index (χ3n) is 4.61. The molecule has 2 aromatic carbocycles. The Kier molecular flexibility index (Phi) is 3.33. The van der Waals surface area contributed by atoms with Gasteiger partial charge in [0.05, 0.1) is 16.6 Å². The number of aromatic nitrogens is 2. The summed E-state index contributed by atoms with van der Waals surface area (Å²) >= 11 is 0. The average molecular weight is 362 g/mol. The third kappa shape index (κ3) is 2.33. The van der Waals surface area contributed by atoms with Crippen LogP contribution >= 0.6 is 0 Å². The van der Waals surface area contributed by atoms with Gasteiger partial charge in [-0.1, -0.05) is 18.2 Å². The molecule has 0 amide bonds. The summed E-state index contributed by atoms with van der Waals surface area (Å²) < 4.78 is 35.4. The van der Waals surface area contributed by atoms with E-state index >= 15 is 0 Å². The lowest BCUT2D eigenvalue weighted by Gasteiger charge is -2.13. The first-order valence-corrected chi connectivity index (χ1v) is 8.35. The molecule has 1 aliphatic rings. The molecule has 4 nitrogen and oxygen atoms in total. The van der Waals surface area contributed by atoms with E-state index in [1.807, 2.05) is 0 Å². The van der Waals surface area contributed by atoms with E-state index in [1.54, 1.807) is 42.6 Å². The van der Waals surface area contributed by atoms with Gasteiger partial charge >= 0.3 is 0 Å². The van der Waals surface area contributed by atoms with Crippen molar-refractivity contribution in [1.82, 2.24) is 9.55 Å². The van der Waals surface area contributed by atoms with Crippen molar-refractivity contribution in [3.63, 3.8) is 0 Å². The lowest BCUT2D eigenvalue weighted by Crippen LogP contribution is -2.08. The van der Waals surface area contributed by atoms with Crippen LogP contribution in [0.5, 0.6) is 5.75 Å². The number of benzene rings is 2. The van der Waals surface area contributed by atoms with Gasteiger partial charge in [-0.05, 0) is 42.0 Å². The minimum absolute atomic E-state index is 0.000184. The van der Waals surface area contributed by atoms with Crippen LogP contribution in [0.25, 0.3) is 22.3 Å². The van der Waals surface area contributed by atoms with Crippen LogP contribution in [0.1, 0.15) is 15.9 Å². The molecule has 0 spiro atoms. The fourth-order valence-corrected chi connectivity index (χ4v) is 3.42. The van der Waals surface area contributed by atoms with Gasteiger partial charge in [0.1, 0.15) is 35.2 Å². The zero-order valence-electron chi connectivity index (χ0n) is 13.9. The maximum atomic E-state index is 14.6. The maximum absolute atomic E-state index is 14.6. The second-order valence-electron chi connectivity index (χ2n) is 6.29. The summed E-state index contributed by atoms with van der Waals surface area (Å²) in [5.41, 5.74) is 2.29. The number of ether oxygens (including phenoxy) is 1. The molecule has 27 heavy (non-hydrogen) atoms. The van der Waals surface area contributed by atoms with Crippen LogP contribution < -0.4 is 4.74 Å². The molecule has 5 rings (SSSR count). The van der Waals surface area contributed by atoms with Crippen LogP contribution in [0.3, 0.4) is 0 Å². The smallest absolute Gasteiger partial charge is 0.268 e. The SMILES string of the molecule is O=C1c2c(nc3cccc(F)c3c2OCc2cccc(F)c2)-c2cccn21. The Morgan fingerprint density at radius 3 is 2.74 bits per heavy atom. The first-order valence-electron chi connectivity index (χ1n) is 8.35. The van der Waals surface area contributed by atoms with Gasteiger partial charge in [-0.15, -0.1) is 0 Å². The largest absolute Gasteiger partial charge is 0.487 e. The standard InChI is InChI=1S/C21H12F2N2O2/c22-13-5-1-4-12(10-13)11-27-20-17-14(23)6-2-7-15(17)24-19-16-8-3-9-25(16)21(26)18(19)20/h1-10H,11H2. The number of nitrogens with zero attached hydrogens (tertiary/aromatic N) is 2. The Hall–Kier alpha value is -3.54. The second kappa shape index (κ2) is 5.74. The quantitative estimate of drug-likeness (QED) is 0.472. The van der Waals surface area contributed by atoms with Crippen molar-refractivity contribution >= 4 is 16.8 Å². The highest BCUT2D eigenvalue weighted by Crippen LogP contribution is 2.41. The lowest BCUT2D eigenvalue weighted by atomic mass is 10.1. The minimum Gasteiger partial charge on any atom is -0.487 e. The fourth-order valence-electron chi connectivity index (χ4n) is 3.42. The highest BCUT2D eigenvalue weighted by atomic mass is 19.1. The fraction of sp³-hybridized carbons (Fsp3) is 0.0476. The van der Waals surface area contributed by atoms with Crippen molar-refractivity contribution in [2.75, 3.05) is 0 Å². The maximum Gasteiger partial charge on any atom is 0.268 e. The average Bonchev–Trinajstić information content (AvgIpc) is 3.23. The molecule has 0 fully saturated rings. The molecule has 2 aromatic heterocycles. The monoisotopic (exact) mass is 362 g/mol. The van der Waals surface area contributed by atoms with Gasteiger partial charge in [0.2, 0.25) is 0 Å². The van der Waals surface area contributed by atoms with Crippen LogP contribution in [0, 0.1) is 11.6 Å². The van der Waals surface area contributed by atoms with Gasteiger partial charge in [0.25, 0.3) is 5.91 Å². The highest BCUT2D eigenvalue weighted by molar-refractivity contribution is 6.13. The van der Waals surface area contributed by atoms with Crippen LogP contribution in [-0.2, 0) is 6.61 Å². The Labute approximate surface area is 152 Å². The third-order valence-corrected chi connectivity index (χ3v) is 4.61. The number of hydrogen-bond donors (Lipinski definition) is 0. The summed E-state index contributed by atoms with van der Waals surface area (Å²) in [6, 6.07) is 14.0. The van der Waals surface area contributed by atoms with Crippen molar-refractivity contribution in [3.8, 4) is 17.1 Å². The Balaban J connectivity index is 1.71. The van der Waals surface area contributed by atoms with E-state index in [0.29, 0.717) is 22.5 Å². The number of fused-ring (bicyclic) bond motifs is 4. The van der Waals surface area contributed by atoms with E-state index in [9.17, 15) is 13.6 Å². The molecule has 1 aliphatic heterocycles. The van der Waals surface area contributed by atoms with Crippen LogP contribution in [0.2, 0.25) is 0 Å². The van der Waals surface area contributed by atoms with E-state index in [1.165, 1.54) is 22.8 Å². The second-order valence-corrected chi connectivity index (χ2v) is 6.29. The summed E-state index contributed by atoms with van der Waals surface area (Å²) in [6.07, 6.45) is 1.64. The van der Waals surface area contributed by atoms with Crippen molar-refractivity contribution in [3.05, 3.63) is 83.6 Å². The lowest BCUT2D eigenvalue weighted by molar-refractivity contribution is 0.0965. The minimum atomic E-state index is -0.526. The molecule has 3 heterocycles. The normalized spacial score (nSPS) is 12.3. The molecule has 0 unspecified atom stereocenters. The molecule has 0 saturated heterocycles. The van der Waals surface area contributed by atoms with Gasteiger partial charge in [0, 0.05) is 6.20 Å². The number of pyridine rings is 1. The molecular weight excluding hydrogens is 350 g/mol. The molecule has 132 valence electrons. The van der Waals surface area contributed by atoms with Gasteiger partial charge in [0.15, 0.2) is 0 Å². The number of rotatable bonds is 3. The van der Waals surface area contributed by atoms with Crippen molar-refractivity contribution in [2.45, 2.75) is 6.61 Å². The van der Waals surface area contributed by atoms with Crippen molar-refractivity contribution in [2.24, 2.45) is 0 Å². The molecule has 4 aromatic rings. The van der Waals surface area contributed by atoms with E-state index < -0.39 is 5.82 Å². The Bertz CT molecular complexity index is 1230. The summed E-state index contributed by atoms with van der Waals surface area (Å²) in [7, 11) is 0. The summed E-state index contributed by atoms with van der Waals surface area (Å²) in [6.45, 7) is -0.000184. The molecule has 0 aliphatic carbocycles. The zero-order chi connectivity index (χ0) is 18.5. The van der Waals surface area contributed by atoms with Gasteiger partial charge in [-0.3, -0.25) is 9.36 Å². The van der Waals surface area contributed by atoms with E-state index in [0.717, 1.165) is 0 Å². The summed E-state index contributed by atoms with van der Waals surface area (Å²) in [5, 5.41) is 0.145. The molecule has 0 atom stereocenters. The summed E-state index contributed by atoms with van der Waals surface area (Å²) in [4.78, 5) is 17.3. The van der Waals surface area contributed by atoms with E-state index in [4.69, 9.17) is 4.74 Å². The zero-order valence-corrected chi connectivity index (χ0v) is 13.9. The Morgan fingerprint density at radius 1 is 1.04 bits per heavy atom. The molecule has 0 saturated carbocycles. The van der Waals surface area contributed by atoms with Crippen LogP contribution in [0.15, 0.2) is 60.8 Å². The Morgan fingerprint density at radius 2 is 1.89 bits per heavy atom. The number of carbonyl (C=O) groups is 1. The van der Waals surface area contributed by atoms with Crippen molar-refractivity contribution in [1.29, 1.82) is 0 Å². The first-order chi connectivity index (χ1) is 13.1. The van der Waals surface area contributed by atoms with E-state index in [-0.39, 0.29) is 35.0 Å². The molecule has 0 radical (unpaired) electrons. The topological polar surface area (TPSA) is 44.1 Å². The molecular formula is C21H12F2N2O2. The predicted molar refractivity (Wildman–Crippen MR) is 95.6 cm³/mol. The first kappa shape index (κ1) is 15.7. The highest BCUT2D eigenvalue weighted by Gasteiger charge is 2.33. The van der Waals surface area contributed by atoms with Gasteiger partial charge in [-0.2, -0.15) is 0 Å². The predicted octanol–water partition coefficient (Wildman–Crippen LogP) is 4.56. The number of carbonyl (C=O) groups excluding carboxylic acids is 1. The van der Waals surface area contributed by atoms with Crippen molar-refractivity contribution < 1.29 is 18.3 Å². The van der Waals surface area contributed by atoms with Gasteiger partial charge < -0.3 is 4.74 Å². The molecule has 0 bridgehead atoms. The molecule has 6 heteroatoms.